The number of rotatable bonds is 4. The van der Waals surface area contributed by atoms with Gasteiger partial charge in [-0.2, -0.15) is 0 Å². The molecular weight excluding hydrogens is 300 g/mol. The minimum Gasteiger partial charge on any atom is -0.466 e. The highest BCUT2D eigenvalue weighted by molar-refractivity contribution is 9.09. The van der Waals surface area contributed by atoms with Crippen molar-refractivity contribution < 1.29 is 14.0 Å². The molecule has 1 N–H and O–H groups in total. The van der Waals surface area contributed by atoms with E-state index in [1.54, 1.807) is 19.1 Å². The number of amides is 3. The second-order valence-corrected chi connectivity index (χ2v) is 5.36. The van der Waals surface area contributed by atoms with Gasteiger partial charge in [-0.15, -0.1) is 0 Å². The number of nitrogens with one attached hydrogen (secondary N) is 1. The molecule has 0 spiro atoms. The van der Waals surface area contributed by atoms with Crippen LogP contribution in [0.25, 0.3) is 0 Å². The summed E-state index contributed by atoms with van der Waals surface area (Å²) in [6.07, 6.45) is 1.49. The molecule has 0 saturated carbocycles. The molecule has 2 rings (SSSR count). The molecule has 1 aromatic rings. The lowest BCUT2D eigenvalue weighted by molar-refractivity contribution is -0.131. The monoisotopic (exact) mass is 314 g/mol. The van der Waals surface area contributed by atoms with Crippen molar-refractivity contribution in [3.8, 4) is 0 Å². The van der Waals surface area contributed by atoms with Gasteiger partial charge in [0.15, 0.2) is 5.54 Å². The van der Waals surface area contributed by atoms with E-state index in [2.05, 4.69) is 21.2 Å². The number of imide groups is 1. The molecule has 2 unspecified atom stereocenters. The summed E-state index contributed by atoms with van der Waals surface area (Å²) >= 11 is 3.34. The van der Waals surface area contributed by atoms with Crippen molar-refractivity contribution in [3.05, 3.63) is 24.2 Å². The maximum atomic E-state index is 12.4. The van der Waals surface area contributed by atoms with E-state index < -0.39 is 5.54 Å². The predicted octanol–water partition coefficient (Wildman–Crippen LogP) is 2.08. The maximum absolute atomic E-state index is 12.4. The lowest BCUT2D eigenvalue weighted by atomic mass is 9.99. The maximum Gasteiger partial charge on any atom is 0.325 e. The SMILES string of the molecule is CC(CBr)CN1C(=O)NC(C)(c2ccco2)C1=O. The zero-order valence-electron chi connectivity index (χ0n) is 10.3. The fraction of sp³-hybridized carbons (Fsp3) is 0.500. The van der Waals surface area contributed by atoms with E-state index in [1.807, 2.05) is 6.92 Å². The van der Waals surface area contributed by atoms with Crippen molar-refractivity contribution in [2.45, 2.75) is 19.4 Å². The van der Waals surface area contributed by atoms with Crippen LogP contribution in [0.2, 0.25) is 0 Å². The lowest BCUT2D eigenvalue weighted by Gasteiger charge is -2.20. The molecule has 0 radical (unpaired) electrons. The first-order chi connectivity index (χ1) is 8.49. The Bertz CT molecular complexity index is 460. The topological polar surface area (TPSA) is 62.6 Å². The summed E-state index contributed by atoms with van der Waals surface area (Å²) in [7, 11) is 0. The van der Waals surface area contributed by atoms with E-state index in [-0.39, 0.29) is 17.9 Å². The van der Waals surface area contributed by atoms with Gasteiger partial charge in [0.25, 0.3) is 5.91 Å². The van der Waals surface area contributed by atoms with Crippen LogP contribution in [0.15, 0.2) is 22.8 Å². The molecule has 0 aromatic carbocycles. The average Bonchev–Trinajstić information content (AvgIpc) is 2.93. The smallest absolute Gasteiger partial charge is 0.325 e. The molecule has 0 bridgehead atoms. The van der Waals surface area contributed by atoms with Gasteiger partial charge < -0.3 is 9.73 Å². The van der Waals surface area contributed by atoms with Crippen LogP contribution in [0, 0.1) is 5.92 Å². The van der Waals surface area contributed by atoms with Crippen LogP contribution in [-0.4, -0.2) is 28.7 Å². The highest BCUT2D eigenvalue weighted by atomic mass is 79.9. The summed E-state index contributed by atoms with van der Waals surface area (Å²) < 4.78 is 5.25. The van der Waals surface area contributed by atoms with Crippen molar-refractivity contribution in [3.63, 3.8) is 0 Å². The fourth-order valence-corrected chi connectivity index (χ4v) is 2.16. The molecular formula is C12H15BrN2O3. The first-order valence-corrected chi connectivity index (χ1v) is 6.85. The molecule has 2 atom stereocenters. The first-order valence-electron chi connectivity index (χ1n) is 5.73. The fourth-order valence-electron chi connectivity index (χ4n) is 1.95. The van der Waals surface area contributed by atoms with Gasteiger partial charge >= 0.3 is 6.03 Å². The molecule has 2 heterocycles. The number of carbonyl (C=O) groups is 2. The Morgan fingerprint density at radius 2 is 2.28 bits per heavy atom. The van der Waals surface area contributed by atoms with Gasteiger partial charge in [-0.3, -0.25) is 9.69 Å². The Labute approximate surface area is 114 Å². The first kappa shape index (κ1) is 13.1. The van der Waals surface area contributed by atoms with E-state index in [4.69, 9.17) is 4.42 Å². The minimum atomic E-state index is -1.09. The Kier molecular flexibility index (Phi) is 3.47. The zero-order valence-corrected chi connectivity index (χ0v) is 11.9. The van der Waals surface area contributed by atoms with Crippen LogP contribution >= 0.6 is 15.9 Å². The molecule has 0 aliphatic carbocycles. The van der Waals surface area contributed by atoms with E-state index in [9.17, 15) is 9.59 Å². The summed E-state index contributed by atoms with van der Waals surface area (Å²) in [5, 5.41) is 3.43. The van der Waals surface area contributed by atoms with Crippen molar-refractivity contribution >= 4 is 27.9 Å². The third-order valence-corrected chi connectivity index (χ3v) is 4.15. The number of furan rings is 1. The van der Waals surface area contributed by atoms with Gasteiger partial charge in [0.2, 0.25) is 0 Å². The lowest BCUT2D eigenvalue weighted by Crippen LogP contribution is -2.41. The summed E-state index contributed by atoms with van der Waals surface area (Å²) in [5.41, 5.74) is -1.09. The van der Waals surface area contributed by atoms with E-state index in [0.29, 0.717) is 12.3 Å². The van der Waals surface area contributed by atoms with Crippen LogP contribution in [0.1, 0.15) is 19.6 Å². The van der Waals surface area contributed by atoms with Crippen LogP contribution in [0.4, 0.5) is 4.79 Å². The molecule has 1 aliphatic rings. The molecule has 3 amide bonds. The number of alkyl halides is 1. The number of nitrogens with zero attached hydrogens (tertiary/aromatic N) is 1. The van der Waals surface area contributed by atoms with Gasteiger partial charge in [-0.05, 0) is 25.0 Å². The second-order valence-electron chi connectivity index (χ2n) is 4.71. The van der Waals surface area contributed by atoms with Crippen molar-refractivity contribution in [1.29, 1.82) is 0 Å². The highest BCUT2D eigenvalue weighted by Gasteiger charge is 2.50. The van der Waals surface area contributed by atoms with Crippen LogP contribution in [-0.2, 0) is 10.3 Å². The van der Waals surface area contributed by atoms with Crippen LogP contribution in [0.5, 0.6) is 0 Å². The molecule has 5 nitrogen and oxygen atoms in total. The van der Waals surface area contributed by atoms with Crippen LogP contribution < -0.4 is 5.32 Å². The quantitative estimate of drug-likeness (QED) is 0.683. The Balaban J connectivity index is 2.24. The number of hydrogen-bond donors (Lipinski definition) is 1. The molecule has 1 aromatic heterocycles. The molecule has 1 saturated heterocycles. The highest BCUT2D eigenvalue weighted by Crippen LogP contribution is 2.29. The standard InChI is InChI=1S/C12H15BrN2O3/c1-8(6-13)7-15-10(16)12(2,14-11(15)17)9-4-3-5-18-9/h3-5,8H,6-7H2,1-2H3,(H,14,17). The molecule has 18 heavy (non-hydrogen) atoms. The van der Waals surface area contributed by atoms with E-state index >= 15 is 0 Å². The summed E-state index contributed by atoms with van der Waals surface area (Å²) in [4.78, 5) is 25.5. The van der Waals surface area contributed by atoms with Gasteiger partial charge in [-0.25, -0.2) is 4.79 Å². The van der Waals surface area contributed by atoms with Crippen molar-refractivity contribution in [2.75, 3.05) is 11.9 Å². The van der Waals surface area contributed by atoms with Gasteiger partial charge in [0.05, 0.1) is 6.26 Å². The third-order valence-electron chi connectivity index (χ3n) is 3.05. The third kappa shape index (κ3) is 2.05. The number of halogens is 1. The predicted molar refractivity (Wildman–Crippen MR) is 69.3 cm³/mol. The van der Waals surface area contributed by atoms with Crippen molar-refractivity contribution in [1.82, 2.24) is 10.2 Å². The summed E-state index contributed by atoms with van der Waals surface area (Å²) in [6.45, 7) is 4.02. The summed E-state index contributed by atoms with van der Waals surface area (Å²) in [6, 6.07) is 3.02. The number of urea groups is 1. The number of carbonyl (C=O) groups excluding carboxylic acids is 2. The molecule has 98 valence electrons. The molecule has 6 heteroatoms. The minimum absolute atomic E-state index is 0.207. The summed E-state index contributed by atoms with van der Waals surface area (Å²) in [5.74, 6) is 0.392. The van der Waals surface area contributed by atoms with Crippen molar-refractivity contribution in [2.24, 2.45) is 5.92 Å². The zero-order chi connectivity index (χ0) is 13.3. The second kappa shape index (κ2) is 4.76. The Morgan fingerprint density at radius 3 is 2.83 bits per heavy atom. The van der Waals surface area contributed by atoms with E-state index in [0.717, 1.165) is 5.33 Å². The van der Waals surface area contributed by atoms with Gasteiger partial charge in [0.1, 0.15) is 5.76 Å². The Hall–Kier alpha value is -1.30. The van der Waals surface area contributed by atoms with Gasteiger partial charge in [0, 0.05) is 11.9 Å². The molecule has 1 aliphatic heterocycles. The largest absolute Gasteiger partial charge is 0.466 e. The molecule has 1 fully saturated rings. The Morgan fingerprint density at radius 1 is 1.56 bits per heavy atom. The van der Waals surface area contributed by atoms with Crippen LogP contribution in [0.3, 0.4) is 0 Å². The van der Waals surface area contributed by atoms with Gasteiger partial charge in [-0.1, -0.05) is 22.9 Å². The number of hydrogen-bond acceptors (Lipinski definition) is 3. The van der Waals surface area contributed by atoms with E-state index in [1.165, 1.54) is 11.2 Å². The average molecular weight is 315 g/mol. The normalized spacial score (nSPS) is 25.4.